The molecule has 20 heavy (non-hydrogen) atoms. The van der Waals surface area contributed by atoms with Crippen molar-refractivity contribution in [3.8, 4) is 0 Å². The monoisotopic (exact) mass is 270 g/mol. The summed E-state index contributed by atoms with van der Waals surface area (Å²) in [6.07, 6.45) is 6.42. The Morgan fingerprint density at radius 2 is 1.90 bits per heavy atom. The zero-order valence-electron chi connectivity index (χ0n) is 11.1. The fourth-order valence-corrected chi connectivity index (χ4v) is 3.03. The van der Waals surface area contributed by atoms with E-state index in [4.69, 9.17) is 4.84 Å². The van der Waals surface area contributed by atoms with Crippen LogP contribution in [0.2, 0.25) is 0 Å². The van der Waals surface area contributed by atoms with Gasteiger partial charge in [0.15, 0.2) is 0 Å². The smallest absolute Gasteiger partial charge is 0.261 e. The van der Waals surface area contributed by atoms with E-state index in [9.17, 15) is 9.59 Å². The molecule has 5 heteroatoms. The first-order valence-electron chi connectivity index (χ1n) is 6.76. The van der Waals surface area contributed by atoms with Crippen LogP contribution in [0.5, 0.6) is 0 Å². The lowest BCUT2D eigenvalue weighted by Crippen LogP contribution is -2.45. The molecule has 2 amide bonds. The molecular weight excluding hydrogens is 256 g/mol. The normalized spacial score (nSPS) is 27.4. The van der Waals surface area contributed by atoms with Gasteiger partial charge in [-0.2, -0.15) is 0 Å². The van der Waals surface area contributed by atoms with E-state index in [0.717, 1.165) is 23.4 Å². The number of anilines is 1. The van der Waals surface area contributed by atoms with Gasteiger partial charge in [0, 0.05) is 7.05 Å². The van der Waals surface area contributed by atoms with Gasteiger partial charge in [-0.05, 0) is 31.0 Å². The summed E-state index contributed by atoms with van der Waals surface area (Å²) in [5, 5.41) is 1.85. The second-order valence-electron chi connectivity index (χ2n) is 5.40. The highest BCUT2D eigenvalue weighted by molar-refractivity contribution is 6.21. The van der Waals surface area contributed by atoms with Gasteiger partial charge in [-0.25, -0.2) is 5.06 Å². The molecule has 5 nitrogen and oxygen atoms in total. The third kappa shape index (κ3) is 1.47. The first-order valence-corrected chi connectivity index (χ1v) is 6.76. The van der Waals surface area contributed by atoms with Crippen molar-refractivity contribution in [2.45, 2.75) is 25.0 Å². The first kappa shape index (κ1) is 11.7. The lowest BCUT2D eigenvalue weighted by atomic mass is 9.97. The maximum Gasteiger partial charge on any atom is 0.261 e. The Labute approximate surface area is 116 Å². The number of amides is 2. The highest BCUT2D eigenvalue weighted by atomic mass is 16.7. The molecule has 4 aliphatic rings. The van der Waals surface area contributed by atoms with Crippen molar-refractivity contribution in [2.24, 2.45) is 0 Å². The van der Waals surface area contributed by atoms with E-state index in [0.29, 0.717) is 11.1 Å². The Balaban J connectivity index is 1.74. The third-order valence-corrected chi connectivity index (χ3v) is 4.17. The van der Waals surface area contributed by atoms with Crippen LogP contribution in [0.25, 0.3) is 0 Å². The van der Waals surface area contributed by atoms with E-state index in [1.165, 1.54) is 7.05 Å². The number of benzene rings is 1. The molecule has 1 aromatic carbocycles. The third-order valence-electron chi connectivity index (χ3n) is 4.17. The van der Waals surface area contributed by atoms with Crippen molar-refractivity contribution in [3.05, 3.63) is 41.5 Å². The summed E-state index contributed by atoms with van der Waals surface area (Å²) in [6, 6.07) is 5.53. The first-order chi connectivity index (χ1) is 9.65. The molecule has 1 aliphatic carbocycles. The van der Waals surface area contributed by atoms with Crippen LogP contribution in [0.15, 0.2) is 30.4 Å². The second-order valence-corrected chi connectivity index (χ2v) is 5.40. The maximum atomic E-state index is 12.0. The molecule has 0 saturated carbocycles. The minimum atomic E-state index is -0.246. The molecule has 102 valence electrons. The van der Waals surface area contributed by atoms with Gasteiger partial charge < -0.3 is 0 Å². The Bertz CT molecular complexity index is 653. The highest BCUT2D eigenvalue weighted by Gasteiger charge is 2.35. The van der Waals surface area contributed by atoms with Crippen molar-refractivity contribution in [2.75, 3.05) is 12.1 Å². The summed E-state index contributed by atoms with van der Waals surface area (Å²) in [4.78, 5) is 30.9. The zero-order chi connectivity index (χ0) is 13.9. The number of carbonyl (C=O) groups is 2. The van der Waals surface area contributed by atoms with Gasteiger partial charge in [-0.15, -0.1) is 0 Å². The van der Waals surface area contributed by atoms with Gasteiger partial charge in [-0.1, -0.05) is 12.2 Å². The summed E-state index contributed by atoms with van der Waals surface area (Å²) in [6.45, 7) is 0. The standard InChI is InChI=1S/C15H14N2O3/c1-16-14(18)12-7-4-10(8-13(12)15(16)19)17-9-2-5-11(20-17)6-3-9/h2,4-5,7-9,11H,3,6H2,1H3. The van der Waals surface area contributed by atoms with Gasteiger partial charge in [0.05, 0.1) is 22.9 Å². The van der Waals surface area contributed by atoms with Gasteiger partial charge >= 0.3 is 0 Å². The summed E-state index contributed by atoms with van der Waals surface area (Å²) in [5.41, 5.74) is 1.77. The van der Waals surface area contributed by atoms with Gasteiger partial charge in [0.2, 0.25) is 0 Å². The highest BCUT2D eigenvalue weighted by Crippen LogP contribution is 2.34. The molecule has 0 N–H and O–H groups in total. The van der Waals surface area contributed by atoms with E-state index in [-0.39, 0.29) is 24.0 Å². The Kier molecular flexibility index (Phi) is 2.29. The Morgan fingerprint density at radius 1 is 1.10 bits per heavy atom. The predicted molar refractivity (Wildman–Crippen MR) is 72.4 cm³/mol. The van der Waals surface area contributed by atoms with Crippen molar-refractivity contribution < 1.29 is 14.4 Å². The fourth-order valence-electron chi connectivity index (χ4n) is 3.03. The molecule has 2 unspecified atom stereocenters. The van der Waals surface area contributed by atoms with Crippen LogP contribution in [-0.4, -0.2) is 35.9 Å². The molecular formula is C15H14N2O3. The molecule has 1 aromatic rings. The lowest BCUT2D eigenvalue weighted by molar-refractivity contribution is 0.00351. The average molecular weight is 270 g/mol. The quantitative estimate of drug-likeness (QED) is 0.576. The number of hydrogen-bond acceptors (Lipinski definition) is 4. The summed E-state index contributed by atoms with van der Waals surface area (Å²) < 4.78 is 0. The van der Waals surface area contributed by atoms with Crippen LogP contribution in [0.4, 0.5) is 5.69 Å². The average Bonchev–Trinajstić information content (AvgIpc) is 2.73. The van der Waals surface area contributed by atoms with Crippen molar-refractivity contribution in [1.29, 1.82) is 0 Å². The lowest BCUT2D eigenvalue weighted by Gasteiger charge is -2.41. The van der Waals surface area contributed by atoms with E-state index in [1.807, 2.05) is 11.1 Å². The zero-order valence-corrected chi connectivity index (χ0v) is 11.1. The molecule has 3 heterocycles. The van der Waals surface area contributed by atoms with Crippen LogP contribution in [0.1, 0.15) is 33.6 Å². The van der Waals surface area contributed by atoms with Gasteiger partial charge in [-0.3, -0.25) is 19.3 Å². The van der Waals surface area contributed by atoms with E-state index in [1.54, 1.807) is 12.1 Å². The number of rotatable bonds is 1. The molecule has 1 fully saturated rings. The van der Waals surface area contributed by atoms with E-state index in [2.05, 4.69) is 12.2 Å². The fraction of sp³-hybridized carbons (Fsp3) is 0.333. The van der Waals surface area contributed by atoms with Crippen molar-refractivity contribution >= 4 is 17.5 Å². The molecule has 1 saturated heterocycles. The summed E-state index contributed by atoms with van der Waals surface area (Å²) >= 11 is 0. The summed E-state index contributed by atoms with van der Waals surface area (Å²) in [5.74, 6) is -0.484. The van der Waals surface area contributed by atoms with Crippen LogP contribution < -0.4 is 5.06 Å². The number of hydroxylamine groups is 1. The Hall–Kier alpha value is -2.14. The predicted octanol–water partition coefficient (Wildman–Crippen LogP) is 1.75. The van der Waals surface area contributed by atoms with Gasteiger partial charge in [0.25, 0.3) is 11.8 Å². The minimum absolute atomic E-state index is 0.119. The summed E-state index contributed by atoms with van der Waals surface area (Å²) in [7, 11) is 1.51. The molecule has 0 spiro atoms. The van der Waals surface area contributed by atoms with Crippen molar-refractivity contribution in [3.63, 3.8) is 0 Å². The number of fused-ring (bicyclic) bond motifs is 3. The number of nitrogens with zero attached hydrogens (tertiary/aromatic N) is 2. The SMILES string of the molecule is CN1C(=O)c2ccc(N3OC4C=CC3CC4)cc2C1=O. The molecule has 2 bridgehead atoms. The minimum Gasteiger partial charge on any atom is -0.277 e. The van der Waals surface area contributed by atoms with Crippen LogP contribution in [0.3, 0.4) is 0 Å². The second kappa shape index (κ2) is 3.93. The molecule has 3 aliphatic heterocycles. The number of imide groups is 1. The van der Waals surface area contributed by atoms with Crippen molar-refractivity contribution in [1.82, 2.24) is 4.90 Å². The molecule has 2 atom stereocenters. The molecule has 5 rings (SSSR count). The van der Waals surface area contributed by atoms with E-state index < -0.39 is 0 Å². The topological polar surface area (TPSA) is 49.9 Å². The molecule has 0 radical (unpaired) electrons. The molecule has 0 aromatic heterocycles. The largest absolute Gasteiger partial charge is 0.277 e. The number of carbonyl (C=O) groups excluding carboxylic acids is 2. The van der Waals surface area contributed by atoms with Crippen LogP contribution in [-0.2, 0) is 4.84 Å². The number of hydrogen-bond donors (Lipinski definition) is 0. The van der Waals surface area contributed by atoms with Crippen LogP contribution >= 0.6 is 0 Å². The van der Waals surface area contributed by atoms with E-state index >= 15 is 0 Å². The van der Waals surface area contributed by atoms with Gasteiger partial charge in [0.1, 0.15) is 6.10 Å². The van der Waals surface area contributed by atoms with Crippen LogP contribution in [0, 0.1) is 0 Å². The maximum absolute atomic E-state index is 12.0. The Morgan fingerprint density at radius 3 is 2.55 bits per heavy atom.